The van der Waals surface area contributed by atoms with E-state index in [0.29, 0.717) is 10.6 Å². The number of phenols is 1. The second-order valence-corrected chi connectivity index (χ2v) is 2.92. The van der Waals surface area contributed by atoms with Gasteiger partial charge < -0.3 is 5.11 Å². The highest BCUT2D eigenvalue weighted by atomic mass is 35.5. The largest absolute Gasteiger partial charge is 0.508 e. The first-order valence-electron chi connectivity index (χ1n) is 3.49. The minimum atomic E-state index is -0.331. The van der Waals surface area contributed by atoms with Crippen molar-refractivity contribution in [2.75, 3.05) is 0 Å². The lowest BCUT2D eigenvalue weighted by molar-refractivity contribution is 0.0647. The molecule has 0 saturated carbocycles. The average molecular weight is 188 g/mol. The molecule has 1 rings (SSSR count). The first-order valence-corrected chi connectivity index (χ1v) is 3.87. The van der Waals surface area contributed by atoms with Crippen LogP contribution in [0.5, 0.6) is 5.75 Å². The average Bonchev–Trinajstić information content (AvgIpc) is 2.03. The van der Waals surface area contributed by atoms with E-state index in [4.69, 9.17) is 17.5 Å². The van der Waals surface area contributed by atoms with Crippen molar-refractivity contribution < 1.29 is 9.94 Å². The van der Waals surface area contributed by atoms with Gasteiger partial charge in [0.1, 0.15) is 11.9 Å². The van der Waals surface area contributed by atoms with Gasteiger partial charge in [-0.25, -0.2) is 5.90 Å². The zero-order valence-corrected chi connectivity index (χ0v) is 7.38. The fourth-order valence-electron chi connectivity index (χ4n) is 0.934. The standard InChI is InChI=1S/C8H10ClNO2/c1-5(12-10)7-3-2-6(9)4-8(7)11/h2-5,11H,10H2,1H3. The molecule has 66 valence electrons. The lowest BCUT2D eigenvalue weighted by atomic mass is 10.1. The summed E-state index contributed by atoms with van der Waals surface area (Å²) in [4.78, 5) is 4.55. The molecule has 0 aromatic heterocycles. The molecule has 0 fully saturated rings. The van der Waals surface area contributed by atoms with Crippen LogP contribution in [0.4, 0.5) is 0 Å². The Balaban J connectivity index is 3.01. The summed E-state index contributed by atoms with van der Waals surface area (Å²) in [6.45, 7) is 1.74. The number of rotatable bonds is 2. The highest BCUT2D eigenvalue weighted by Crippen LogP contribution is 2.27. The molecule has 0 radical (unpaired) electrons. The molecule has 1 aromatic rings. The summed E-state index contributed by atoms with van der Waals surface area (Å²) in [6.07, 6.45) is -0.331. The van der Waals surface area contributed by atoms with Crippen LogP contribution in [0.1, 0.15) is 18.6 Å². The van der Waals surface area contributed by atoms with Crippen LogP contribution in [0.15, 0.2) is 18.2 Å². The minimum Gasteiger partial charge on any atom is -0.508 e. The summed E-state index contributed by atoms with van der Waals surface area (Å²) in [6, 6.07) is 4.80. The van der Waals surface area contributed by atoms with Crippen LogP contribution < -0.4 is 5.90 Å². The Morgan fingerprint density at radius 3 is 2.75 bits per heavy atom. The van der Waals surface area contributed by atoms with Crippen molar-refractivity contribution in [3.63, 3.8) is 0 Å². The van der Waals surface area contributed by atoms with Crippen LogP contribution in [-0.2, 0) is 4.84 Å². The van der Waals surface area contributed by atoms with E-state index in [1.54, 1.807) is 19.1 Å². The number of aromatic hydroxyl groups is 1. The van der Waals surface area contributed by atoms with Crippen molar-refractivity contribution >= 4 is 11.6 Å². The zero-order chi connectivity index (χ0) is 9.14. The summed E-state index contributed by atoms with van der Waals surface area (Å²) >= 11 is 5.63. The molecule has 1 aromatic carbocycles. The van der Waals surface area contributed by atoms with Gasteiger partial charge in [-0.3, -0.25) is 4.84 Å². The van der Waals surface area contributed by atoms with Gasteiger partial charge in [0.25, 0.3) is 0 Å². The van der Waals surface area contributed by atoms with Gasteiger partial charge in [0.2, 0.25) is 0 Å². The molecule has 0 amide bonds. The number of benzene rings is 1. The minimum absolute atomic E-state index is 0.0976. The van der Waals surface area contributed by atoms with E-state index >= 15 is 0 Å². The van der Waals surface area contributed by atoms with Crippen molar-refractivity contribution in [1.29, 1.82) is 0 Å². The van der Waals surface area contributed by atoms with Crippen LogP contribution >= 0.6 is 11.6 Å². The second-order valence-electron chi connectivity index (χ2n) is 2.48. The highest BCUT2D eigenvalue weighted by Gasteiger charge is 2.09. The van der Waals surface area contributed by atoms with Crippen molar-refractivity contribution in [3.05, 3.63) is 28.8 Å². The lowest BCUT2D eigenvalue weighted by Crippen LogP contribution is -2.05. The van der Waals surface area contributed by atoms with Gasteiger partial charge in [-0.05, 0) is 19.1 Å². The predicted octanol–water partition coefficient (Wildman–Crippen LogP) is 2.00. The van der Waals surface area contributed by atoms with Crippen LogP contribution in [0.3, 0.4) is 0 Å². The molecule has 1 atom stereocenters. The summed E-state index contributed by atoms with van der Waals surface area (Å²) < 4.78 is 0. The fourth-order valence-corrected chi connectivity index (χ4v) is 1.10. The second kappa shape index (κ2) is 3.76. The molecular weight excluding hydrogens is 178 g/mol. The number of hydrogen-bond acceptors (Lipinski definition) is 3. The van der Waals surface area contributed by atoms with Crippen molar-refractivity contribution in [2.24, 2.45) is 5.90 Å². The van der Waals surface area contributed by atoms with E-state index in [-0.39, 0.29) is 11.9 Å². The molecule has 0 spiro atoms. The van der Waals surface area contributed by atoms with E-state index in [2.05, 4.69) is 4.84 Å². The predicted molar refractivity (Wildman–Crippen MR) is 46.8 cm³/mol. The normalized spacial score (nSPS) is 12.9. The quantitative estimate of drug-likeness (QED) is 0.697. The molecule has 0 saturated heterocycles. The van der Waals surface area contributed by atoms with Crippen LogP contribution in [0.25, 0.3) is 0 Å². The molecule has 3 nitrogen and oxygen atoms in total. The van der Waals surface area contributed by atoms with Gasteiger partial charge >= 0.3 is 0 Å². The Morgan fingerprint density at radius 1 is 1.58 bits per heavy atom. The lowest BCUT2D eigenvalue weighted by Gasteiger charge is -2.10. The highest BCUT2D eigenvalue weighted by molar-refractivity contribution is 6.30. The summed E-state index contributed by atoms with van der Waals surface area (Å²) in [5, 5.41) is 9.86. The van der Waals surface area contributed by atoms with E-state index in [1.165, 1.54) is 6.07 Å². The first-order chi connectivity index (χ1) is 5.65. The Bertz CT molecular complexity index is 278. The monoisotopic (exact) mass is 187 g/mol. The third kappa shape index (κ3) is 1.88. The molecule has 0 aliphatic rings. The molecule has 12 heavy (non-hydrogen) atoms. The van der Waals surface area contributed by atoms with Gasteiger partial charge in [0.15, 0.2) is 0 Å². The maximum atomic E-state index is 9.37. The smallest absolute Gasteiger partial charge is 0.122 e. The van der Waals surface area contributed by atoms with Crippen LogP contribution in [-0.4, -0.2) is 5.11 Å². The molecule has 0 aliphatic heterocycles. The molecule has 3 N–H and O–H groups in total. The molecule has 0 heterocycles. The van der Waals surface area contributed by atoms with E-state index in [1.807, 2.05) is 0 Å². The number of halogens is 1. The molecule has 0 bridgehead atoms. The molecule has 4 heteroatoms. The first kappa shape index (κ1) is 9.32. The maximum Gasteiger partial charge on any atom is 0.122 e. The maximum absolute atomic E-state index is 9.37. The Hall–Kier alpha value is -0.770. The Labute approximate surface area is 75.7 Å². The van der Waals surface area contributed by atoms with Crippen LogP contribution in [0.2, 0.25) is 5.02 Å². The van der Waals surface area contributed by atoms with Crippen LogP contribution in [0, 0.1) is 0 Å². The third-order valence-corrected chi connectivity index (χ3v) is 1.87. The molecule has 1 unspecified atom stereocenters. The summed E-state index contributed by atoms with van der Waals surface area (Å²) in [5.41, 5.74) is 0.627. The van der Waals surface area contributed by atoms with Gasteiger partial charge in [-0.2, -0.15) is 0 Å². The Kier molecular flexibility index (Phi) is 2.92. The van der Waals surface area contributed by atoms with Crippen molar-refractivity contribution in [2.45, 2.75) is 13.0 Å². The van der Waals surface area contributed by atoms with Crippen molar-refractivity contribution in [1.82, 2.24) is 0 Å². The van der Waals surface area contributed by atoms with Gasteiger partial charge in [0, 0.05) is 10.6 Å². The molecular formula is C8H10ClNO2. The van der Waals surface area contributed by atoms with E-state index < -0.39 is 0 Å². The van der Waals surface area contributed by atoms with Gasteiger partial charge in [-0.1, -0.05) is 17.7 Å². The number of hydrogen-bond donors (Lipinski definition) is 2. The van der Waals surface area contributed by atoms with E-state index in [9.17, 15) is 5.11 Å². The molecule has 0 aliphatic carbocycles. The summed E-state index contributed by atoms with van der Waals surface area (Å²) in [5.74, 6) is 5.06. The van der Waals surface area contributed by atoms with Gasteiger partial charge in [-0.15, -0.1) is 0 Å². The topological polar surface area (TPSA) is 55.5 Å². The van der Waals surface area contributed by atoms with E-state index in [0.717, 1.165) is 0 Å². The fraction of sp³-hybridized carbons (Fsp3) is 0.250. The van der Waals surface area contributed by atoms with Crippen molar-refractivity contribution in [3.8, 4) is 5.75 Å². The SMILES string of the molecule is CC(ON)c1ccc(Cl)cc1O. The van der Waals surface area contributed by atoms with Gasteiger partial charge in [0.05, 0.1) is 0 Å². The Morgan fingerprint density at radius 2 is 2.25 bits per heavy atom. The number of nitrogens with two attached hydrogens (primary N) is 1. The zero-order valence-electron chi connectivity index (χ0n) is 6.62. The number of phenolic OH excluding ortho intramolecular Hbond substituents is 1. The summed E-state index contributed by atoms with van der Waals surface area (Å²) in [7, 11) is 0. The third-order valence-electron chi connectivity index (χ3n) is 1.63.